The molecule has 1 unspecified atom stereocenters. The third kappa shape index (κ3) is 4.79. The molecule has 0 amide bonds. The minimum absolute atomic E-state index is 0.0552. The Hall–Kier alpha value is -2.64. The maximum absolute atomic E-state index is 14.0. The molecule has 2 aromatic rings. The number of nitrogens with zero attached hydrogens (tertiary/aromatic N) is 4. The van der Waals surface area contributed by atoms with Crippen LogP contribution < -0.4 is 15.5 Å². The van der Waals surface area contributed by atoms with E-state index in [1.807, 2.05) is 11.6 Å². The van der Waals surface area contributed by atoms with E-state index in [0.717, 1.165) is 37.3 Å². The molecule has 1 aromatic heterocycles. The molecule has 1 atom stereocenters. The van der Waals surface area contributed by atoms with Crippen molar-refractivity contribution in [3.8, 4) is 0 Å². The Morgan fingerprint density at radius 1 is 1.29 bits per heavy atom. The van der Waals surface area contributed by atoms with Crippen molar-refractivity contribution >= 4 is 11.6 Å². The molecule has 0 bridgehead atoms. The molecule has 0 spiro atoms. The zero-order valence-electron chi connectivity index (χ0n) is 16.7. The first-order valence-electron chi connectivity index (χ1n) is 9.65. The van der Waals surface area contributed by atoms with Gasteiger partial charge in [0.05, 0.1) is 5.69 Å². The van der Waals surface area contributed by atoms with E-state index in [9.17, 15) is 8.78 Å². The summed E-state index contributed by atoms with van der Waals surface area (Å²) in [6.45, 7) is 6.78. The highest BCUT2D eigenvalue weighted by Gasteiger charge is 2.27. The minimum atomic E-state index is -0.521. The van der Waals surface area contributed by atoms with Gasteiger partial charge in [0.2, 0.25) is 0 Å². The van der Waals surface area contributed by atoms with Crippen molar-refractivity contribution in [2.45, 2.75) is 39.3 Å². The van der Waals surface area contributed by atoms with Gasteiger partial charge in [-0.25, -0.2) is 8.78 Å². The van der Waals surface area contributed by atoms with E-state index in [-0.39, 0.29) is 11.7 Å². The Morgan fingerprint density at radius 3 is 2.68 bits per heavy atom. The largest absolute Gasteiger partial charge is 0.365 e. The molecule has 28 heavy (non-hydrogen) atoms. The summed E-state index contributed by atoms with van der Waals surface area (Å²) in [4.78, 5) is 6.00. The van der Waals surface area contributed by atoms with Gasteiger partial charge in [-0.15, -0.1) is 0 Å². The van der Waals surface area contributed by atoms with Gasteiger partial charge < -0.3 is 15.5 Å². The first kappa shape index (κ1) is 20.1. The van der Waals surface area contributed by atoms with Crippen LogP contribution in [0, 0.1) is 25.5 Å². The lowest BCUT2D eigenvalue weighted by atomic mass is 10.2. The van der Waals surface area contributed by atoms with E-state index in [4.69, 9.17) is 0 Å². The fraction of sp³-hybridized carbons (Fsp3) is 0.500. The quantitative estimate of drug-likeness (QED) is 0.452. The molecule has 1 aromatic carbocycles. The molecule has 2 N–H and O–H groups in total. The second-order valence-corrected chi connectivity index (χ2v) is 7.15. The smallest absolute Gasteiger partial charge is 0.191 e. The summed E-state index contributed by atoms with van der Waals surface area (Å²) in [6, 6.07) is 6.13. The molecule has 6 nitrogen and oxygen atoms in total. The maximum Gasteiger partial charge on any atom is 0.191 e. The third-order valence-electron chi connectivity index (χ3n) is 4.95. The first-order chi connectivity index (χ1) is 13.5. The number of aryl methyl sites for hydroxylation is 3. The number of hydrogen-bond donors (Lipinski definition) is 2. The first-order valence-corrected chi connectivity index (χ1v) is 9.65. The zero-order chi connectivity index (χ0) is 20.1. The molecule has 152 valence electrons. The van der Waals surface area contributed by atoms with E-state index >= 15 is 0 Å². The van der Waals surface area contributed by atoms with Crippen molar-refractivity contribution in [2.24, 2.45) is 4.99 Å². The summed E-state index contributed by atoms with van der Waals surface area (Å²) in [7, 11) is 1.72. The van der Waals surface area contributed by atoms with Gasteiger partial charge in [-0.3, -0.25) is 9.67 Å². The summed E-state index contributed by atoms with van der Waals surface area (Å²) in [5.41, 5.74) is 2.24. The molecule has 1 saturated heterocycles. The zero-order valence-corrected chi connectivity index (χ0v) is 16.7. The van der Waals surface area contributed by atoms with Crippen LogP contribution in [0.25, 0.3) is 0 Å². The summed E-state index contributed by atoms with van der Waals surface area (Å²) >= 11 is 0. The lowest BCUT2D eigenvalue weighted by Crippen LogP contribution is -2.45. The van der Waals surface area contributed by atoms with Crippen molar-refractivity contribution < 1.29 is 8.78 Å². The Morgan fingerprint density at radius 2 is 2.04 bits per heavy atom. The minimum Gasteiger partial charge on any atom is -0.365 e. The van der Waals surface area contributed by atoms with Gasteiger partial charge in [0, 0.05) is 45.0 Å². The van der Waals surface area contributed by atoms with Gasteiger partial charge in [0.1, 0.15) is 17.3 Å². The molecule has 0 radical (unpaired) electrons. The molecule has 3 rings (SSSR count). The van der Waals surface area contributed by atoms with E-state index in [1.165, 1.54) is 18.2 Å². The molecule has 1 aliphatic heterocycles. The third-order valence-corrected chi connectivity index (χ3v) is 4.95. The van der Waals surface area contributed by atoms with Gasteiger partial charge in [0.15, 0.2) is 5.96 Å². The van der Waals surface area contributed by atoms with E-state index in [2.05, 4.69) is 33.7 Å². The molecule has 0 aliphatic carbocycles. The van der Waals surface area contributed by atoms with Crippen LogP contribution in [0.2, 0.25) is 0 Å². The van der Waals surface area contributed by atoms with Crippen LogP contribution in [0.5, 0.6) is 0 Å². The Balaban J connectivity index is 1.46. The number of rotatable bonds is 6. The van der Waals surface area contributed by atoms with Crippen LogP contribution in [0.15, 0.2) is 29.3 Å². The van der Waals surface area contributed by atoms with Gasteiger partial charge >= 0.3 is 0 Å². The standard InChI is InChI=1S/C20H28F2N6/c1-14-12-15(2)28(26-14)10-5-9-24-20(23-3)25-16-8-11-27(13-16)19-17(21)6-4-7-18(19)22/h4,6-7,12,16H,5,8-11,13H2,1-3H3,(H2,23,24,25). The van der Waals surface area contributed by atoms with Crippen molar-refractivity contribution in [2.75, 3.05) is 31.6 Å². The molecular weight excluding hydrogens is 362 g/mol. The van der Waals surface area contributed by atoms with Crippen molar-refractivity contribution in [3.05, 3.63) is 47.3 Å². The number of aliphatic imine (C=N–C) groups is 1. The molecule has 0 saturated carbocycles. The Kier molecular flexibility index (Phi) is 6.49. The number of guanidine groups is 1. The Bertz CT molecular complexity index is 812. The lowest BCUT2D eigenvalue weighted by Gasteiger charge is -2.21. The van der Waals surface area contributed by atoms with E-state index in [0.29, 0.717) is 19.0 Å². The number of para-hydroxylation sites is 1. The topological polar surface area (TPSA) is 57.5 Å². The number of aromatic nitrogens is 2. The van der Waals surface area contributed by atoms with Crippen LogP contribution in [-0.2, 0) is 6.54 Å². The Labute approximate surface area is 164 Å². The van der Waals surface area contributed by atoms with Crippen molar-refractivity contribution in [1.29, 1.82) is 0 Å². The fourth-order valence-corrected chi connectivity index (χ4v) is 3.60. The van der Waals surface area contributed by atoms with Crippen LogP contribution in [0.3, 0.4) is 0 Å². The second kappa shape index (κ2) is 9.03. The summed E-state index contributed by atoms with van der Waals surface area (Å²) < 4.78 is 30.0. The molecular formula is C20H28F2N6. The highest BCUT2D eigenvalue weighted by molar-refractivity contribution is 5.80. The monoisotopic (exact) mass is 390 g/mol. The van der Waals surface area contributed by atoms with Gasteiger partial charge in [-0.2, -0.15) is 5.10 Å². The van der Waals surface area contributed by atoms with Crippen LogP contribution in [0.1, 0.15) is 24.2 Å². The average Bonchev–Trinajstić information content (AvgIpc) is 3.23. The van der Waals surface area contributed by atoms with Crippen molar-refractivity contribution in [1.82, 2.24) is 20.4 Å². The SMILES string of the molecule is CN=C(NCCCn1nc(C)cc1C)NC1CCN(c2c(F)cccc2F)C1. The predicted molar refractivity (Wildman–Crippen MR) is 108 cm³/mol. The number of nitrogens with one attached hydrogen (secondary N) is 2. The number of halogens is 2. The van der Waals surface area contributed by atoms with Gasteiger partial charge in [0.25, 0.3) is 0 Å². The van der Waals surface area contributed by atoms with E-state index < -0.39 is 11.6 Å². The average molecular weight is 390 g/mol. The van der Waals surface area contributed by atoms with Crippen LogP contribution in [0.4, 0.5) is 14.5 Å². The lowest BCUT2D eigenvalue weighted by molar-refractivity contribution is 0.552. The second-order valence-electron chi connectivity index (χ2n) is 7.15. The van der Waals surface area contributed by atoms with Crippen LogP contribution in [-0.4, -0.2) is 48.5 Å². The summed E-state index contributed by atoms with van der Waals surface area (Å²) in [5.74, 6) is -0.339. The van der Waals surface area contributed by atoms with Gasteiger partial charge in [-0.1, -0.05) is 6.07 Å². The maximum atomic E-state index is 14.0. The summed E-state index contributed by atoms with van der Waals surface area (Å²) in [6.07, 6.45) is 1.71. The number of hydrogen-bond acceptors (Lipinski definition) is 3. The molecule has 2 heterocycles. The fourth-order valence-electron chi connectivity index (χ4n) is 3.60. The van der Waals surface area contributed by atoms with E-state index in [1.54, 1.807) is 11.9 Å². The molecule has 8 heteroatoms. The normalized spacial score (nSPS) is 17.2. The highest BCUT2D eigenvalue weighted by Crippen LogP contribution is 2.26. The van der Waals surface area contributed by atoms with Gasteiger partial charge in [-0.05, 0) is 44.9 Å². The highest BCUT2D eigenvalue weighted by atomic mass is 19.1. The predicted octanol–water partition coefficient (Wildman–Crippen LogP) is 2.61. The number of anilines is 1. The molecule has 1 aliphatic rings. The molecule has 1 fully saturated rings. The summed E-state index contributed by atoms with van der Waals surface area (Å²) in [5, 5.41) is 11.1. The van der Waals surface area contributed by atoms with Crippen molar-refractivity contribution in [3.63, 3.8) is 0 Å². The van der Waals surface area contributed by atoms with Crippen LogP contribution >= 0.6 is 0 Å². The number of benzene rings is 1.